The van der Waals surface area contributed by atoms with Gasteiger partial charge in [-0.3, -0.25) is 0 Å². The molecule has 3 rings (SSSR count). The van der Waals surface area contributed by atoms with Crippen molar-refractivity contribution in [1.29, 1.82) is 0 Å². The molecule has 1 fully saturated rings. The van der Waals surface area contributed by atoms with Crippen LogP contribution in [0.4, 0.5) is 15.2 Å². The number of rotatable bonds is 1. The number of piperazine rings is 1. The van der Waals surface area contributed by atoms with E-state index in [-0.39, 0.29) is 5.65 Å². The van der Waals surface area contributed by atoms with Crippen LogP contribution in [0, 0.1) is 5.95 Å². The third kappa shape index (κ3) is 2.16. The summed E-state index contributed by atoms with van der Waals surface area (Å²) in [7, 11) is 0. The molecule has 100 valence electrons. The fraction of sp³-hybridized carbons (Fsp3) is 0.364. The van der Waals surface area contributed by atoms with Gasteiger partial charge in [-0.05, 0) is 12.1 Å². The quantitative estimate of drug-likeness (QED) is 0.780. The van der Waals surface area contributed by atoms with Gasteiger partial charge in [0.1, 0.15) is 0 Å². The van der Waals surface area contributed by atoms with Gasteiger partial charge in [0.2, 0.25) is 11.6 Å². The number of oxazole rings is 1. The Morgan fingerprint density at radius 3 is 2.68 bits per heavy atom. The Morgan fingerprint density at radius 1 is 1.26 bits per heavy atom. The summed E-state index contributed by atoms with van der Waals surface area (Å²) in [6, 6.07) is 3.03. The molecule has 19 heavy (non-hydrogen) atoms. The lowest BCUT2D eigenvalue weighted by Gasteiger charge is -2.31. The molecule has 1 saturated heterocycles. The molecule has 1 aliphatic heterocycles. The summed E-state index contributed by atoms with van der Waals surface area (Å²) in [4.78, 5) is 21.7. The average molecular weight is 266 g/mol. The fourth-order valence-electron chi connectivity index (χ4n) is 2.01. The van der Waals surface area contributed by atoms with Crippen molar-refractivity contribution >= 4 is 23.3 Å². The van der Waals surface area contributed by atoms with E-state index >= 15 is 0 Å². The molecule has 0 saturated carbocycles. The number of carbonyl (C=O) groups is 1. The number of pyridine rings is 1. The summed E-state index contributed by atoms with van der Waals surface area (Å²) in [6.45, 7) is 1.74. The number of nitrogens with zero attached hydrogens (tertiary/aromatic N) is 4. The monoisotopic (exact) mass is 266 g/mol. The minimum Gasteiger partial charge on any atom is -0.465 e. The second-order valence-electron chi connectivity index (χ2n) is 4.21. The Bertz CT molecular complexity index is 621. The van der Waals surface area contributed by atoms with Crippen LogP contribution in [0.1, 0.15) is 0 Å². The van der Waals surface area contributed by atoms with Gasteiger partial charge in [0, 0.05) is 26.2 Å². The van der Waals surface area contributed by atoms with Gasteiger partial charge in [-0.15, -0.1) is 0 Å². The predicted molar refractivity (Wildman–Crippen MR) is 63.6 cm³/mol. The molecular formula is C11H11FN4O3. The molecule has 0 spiro atoms. The van der Waals surface area contributed by atoms with Crippen LogP contribution in [0.25, 0.3) is 11.2 Å². The van der Waals surface area contributed by atoms with Crippen molar-refractivity contribution in [2.75, 3.05) is 31.1 Å². The first kappa shape index (κ1) is 11.7. The second kappa shape index (κ2) is 4.38. The van der Waals surface area contributed by atoms with Crippen LogP contribution >= 0.6 is 0 Å². The highest BCUT2D eigenvalue weighted by Gasteiger charge is 2.23. The Hall–Kier alpha value is -2.38. The minimum absolute atomic E-state index is 0.218. The van der Waals surface area contributed by atoms with E-state index in [1.807, 2.05) is 4.90 Å². The van der Waals surface area contributed by atoms with Crippen molar-refractivity contribution in [3.05, 3.63) is 18.1 Å². The second-order valence-corrected chi connectivity index (χ2v) is 4.21. The Labute approximate surface area is 107 Å². The van der Waals surface area contributed by atoms with Crippen molar-refractivity contribution in [2.24, 2.45) is 0 Å². The lowest BCUT2D eigenvalue weighted by atomic mass is 10.3. The van der Waals surface area contributed by atoms with E-state index < -0.39 is 12.0 Å². The van der Waals surface area contributed by atoms with Crippen molar-refractivity contribution in [3.8, 4) is 0 Å². The lowest BCUT2D eigenvalue weighted by Crippen LogP contribution is -2.48. The molecule has 0 aromatic carbocycles. The van der Waals surface area contributed by atoms with Crippen LogP contribution in [0.5, 0.6) is 0 Å². The minimum atomic E-state index is -0.930. The molecule has 1 N–H and O–H groups in total. The van der Waals surface area contributed by atoms with Gasteiger partial charge in [-0.25, -0.2) is 4.79 Å². The van der Waals surface area contributed by atoms with E-state index in [9.17, 15) is 9.18 Å². The molecule has 8 heteroatoms. The Kier molecular flexibility index (Phi) is 2.69. The lowest BCUT2D eigenvalue weighted by molar-refractivity contribution is 0.142. The maximum Gasteiger partial charge on any atom is 0.407 e. The smallest absolute Gasteiger partial charge is 0.407 e. The summed E-state index contributed by atoms with van der Waals surface area (Å²) < 4.78 is 18.4. The third-order valence-electron chi connectivity index (χ3n) is 3.03. The molecule has 0 atom stereocenters. The highest BCUT2D eigenvalue weighted by atomic mass is 19.1. The summed E-state index contributed by atoms with van der Waals surface area (Å²) in [5.74, 6) is -0.608. The molecule has 2 aromatic rings. The molecular weight excluding hydrogens is 255 g/mol. The van der Waals surface area contributed by atoms with Crippen LogP contribution in [-0.4, -0.2) is 52.2 Å². The first-order valence-corrected chi connectivity index (χ1v) is 5.79. The topological polar surface area (TPSA) is 82.7 Å². The molecule has 7 nitrogen and oxygen atoms in total. The molecule has 0 aliphatic carbocycles. The molecule has 0 unspecified atom stereocenters. The van der Waals surface area contributed by atoms with Gasteiger partial charge < -0.3 is 19.3 Å². The van der Waals surface area contributed by atoms with Gasteiger partial charge in [0.05, 0.1) is 0 Å². The molecule has 1 aliphatic rings. The van der Waals surface area contributed by atoms with E-state index in [0.29, 0.717) is 37.8 Å². The normalized spacial score (nSPS) is 16.1. The zero-order valence-corrected chi connectivity index (χ0v) is 9.91. The summed E-state index contributed by atoms with van der Waals surface area (Å²) in [5, 5.41) is 8.86. The number of anilines is 1. The first-order chi connectivity index (χ1) is 9.13. The molecule has 2 aromatic heterocycles. The zero-order valence-electron chi connectivity index (χ0n) is 9.91. The number of carboxylic acid groups (broad SMARTS) is 1. The zero-order chi connectivity index (χ0) is 13.4. The van der Waals surface area contributed by atoms with Crippen molar-refractivity contribution in [2.45, 2.75) is 0 Å². The van der Waals surface area contributed by atoms with Crippen molar-refractivity contribution in [1.82, 2.24) is 14.9 Å². The maximum absolute atomic E-state index is 12.9. The summed E-state index contributed by atoms with van der Waals surface area (Å²) in [5.41, 5.74) is 0.632. The van der Waals surface area contributed by atoms with Gasteiger partial charge >= 0.3 is 6.09 Å². The number of hydrogen-bond donors (Lipinski definition) is 1. The standard InChI is InChI=1S/C11H11FN4O3/c12-8-2-1-7-9(13-8)14-10(19-7)15-3-5-16(6-4-15)11(17)18/h1-2H,3-6H2,(H,17,18). The number of hydrogen-bond acceptors (Lipinski definition) is 5. The molecule has 0 radical (unpaired) electrons. The highest BCUT2D eigenvalue weighted by Crippen LogP contribution is 2.21. The highest BCUT2D eigenvalue weighted by molar-refractivity contribution is 5.70. The van der Waals surface area contributed by atoms with E-state index in [0.717, 1.165) is 0 Å². The summed E-state index contributed by atoms with van der Waals surface area (Å²) >= 11 is 0. The largest absolute Gasteiger partial charge is 0.465 e. The van der Waals surface area contributed by atoms with Crippen LogP contribution in [0.2, 0.25) is 0 Å². The number of halogens is 1. The van der Waals surface area contributed by atoms with Crippen LogP contribution in [0.3, 0.4) is 0 Å². The molecule has 3 heterocycles. The number of fused-ring (bicyclic) bond motifs is 1. The van der Waals surface area contributed by atoms with Crippen LogP contribution < -0.4 is 4.90 Å². The van der Waals surface area contributed by atoms with Gasteiger partial charge in [-0.1, -0.05) is 0 Å². The summed E-state index contributed by atoms with van der Waals surface area (Å²) in [6.07, 6.45) is -0.930. The van der Waals surface area contributed by atoms with E-state index in [2.05, 4.69) is 9.97 Å². The molecule has 1 amide bonds. The molecule has 0 bridgehead atoms. The first-order valence-electron chi connectivity index (χ1n) is 5.79. The van der Waals surface area contributed by atoms with Gasteiger partial charge in [-0.2, -0.15) is 14.4 Å². The van der Waals surface area contributed by atoms with E-state index in [1.54, 1.807) is 0 Å². The van der Waals surface area contributed by atoms with Crippen molar-refractivity contribution < 1.29 is 18.7 Å². The SMILES string of the molecule is O=C(O)N1CCN(c2nc3nc(F)ccc3o2)CC1. The van der Waals surface area contributed by atoms with Crippen LogP contribution in [-0.2, 0) is 0 Å². The predicted octanol–water partition coefficient (Wildman–Crippen LogP) is 1.16. The third-order valence-corrected chi connectivity index (χ3v) is 3.03. The van der Waals surface area contributed by atoms with Gasteiger partial charge in [0.15, 0.2) is 5.58 Å². The van der Waals surface area contributed by atoms with Crippen LogP contribution in [0.15, 0.2) is 16.5 Å². The number of aromatic nitrogens is 2. The maximum atomic E-state index is 12.9. The fourth-order valence-corrected chi connectivity index (χ4v) is 2.01. The average Bonchev–Trinajstić information content (AvgIpc) is 2.81. The Balaban J connectivity index is 1.80. The van der Waals surface area contributed by atoms with E-state index in [1.165, 1.54) is 17.0 Å². The van der Waals surface area contributed by atoms with Gasteiger partial charge in [0.25, 0.3) is 6.01 Å². The number of amides is 1. The Morgan fingerprint density at radius 2 is 2.00 bits per heavy atom. The van der Waals surface area contributed by atoms with E-state index in [4.69, 9.17) is 9.52 Å². The van der Waals surface area contributed by atoms with Crippen molar-refractivity contribution in [3.63, 3.8) is 0 Å².